The zero-order valence-electron chi connectivity index (χ0n) is 10.9. The molecule has 100 valence electrons. The summed E-state index contributed by atoms with van der Waals surface area (Å²) >= 11 is 0. The van der Waals surface area contributed by atoms with Crippen molar-refractivity contribution in [3.05, 3.63) is 11.8 Å². The Morgan fingerprint density at radius 1 is 1.50 bits per heavy atom. The number of ether oxygens (including phenoxy) is 1. The van der Waals surface area contributed by atoms with Gasteiger partial charge in [0.05, 0.1) is 6.61 Å². The van der Waals surface area contributed by atoms with E-state index < -0.39 is 5.60 Å². The average molecular weight is 252 g/mol. The first-order valence-electron chi connectivity index (χ1n) is 6.24. The van der Waals surface area contributed by atoms with E-state index in [9.17, 15) is 5.11 Å². The average Bonchev–Trinajstić information content (AvgIpc) is 2.78. The normalized spacial score (nSPS) is 23.1. The molecule has 0 radical (unpaired) electrons. The Bertz CT molecular complexity index is 405. The van der Waals surface area contributed by atoms with E-state index in [4.69, 9.17) is 4.74 Å². The van der Waals surface area contributed by atoms with Crippen molar-refractivity contribution in [3.8, 4) is 0 Å². The third kappa shape index (κ3) is 3.08. The number of hydrogen-bond donors (Lipinski definition) is 3. The lowest BCUT2D eigenvalue weighted by Crippen LogP contribution is -2.37. The first-order valence-corrected chi connectivity index (χ1v) is 6.24. The molecule has 0 amide bonds. The van der Waals surface area contributed by atoms with Crippen molar-refractivity contribution in [2.24, 2.45) is 0 Å². The molecule has 0 spiro atoms. The number of rotatable bonds is 5. The van der Waals surface area contributed by atoms with Crippen LogP contribution in [0.3, 0.4) is 0 Å². The van der Waals surface area contributed by atoms with Crippen molar-refractivity contribution < 1.29 is 9.84 Å². The standard InChI is InChI=1S/C12H20N4O2/c1-3-13-11-14-6-9(2)10(16-11)15-7-12(17)4-5-18-8-12/h6,17H,3-5,7-8H2,1-2H3,(H2,13,14,15,16). The van der Waals surface area contributed by atoms with Crippen LogP contribution in [0.25, 0.3) is 0 Å². The molecule has 0 aliphatic carbocycles. The van der Waals surface area contributed by atoms with Crippen molar-refractivity contribution in [2.75, 3.05) is 36.9 Å². The van der Waals surface area contributed by atoms with Crippen LogP contribution in [0, 0.1) is 6.92 Å². The summed E-state index contributed by atoms with van der Waals surface area (Å²) in [4.78, 5) is 8.55. The summed E-state index contributed by atoms with van der Waals surface area (Å²) in [5.41, 5.74) is 0.176. The van der Waals surface area contributed by atoms with Crippen LogP contribution < -0.4 is 10.6 Å². The summed E-state index contributed by atoms with van der Waals surface area (Å²) in [5, 5.41) is 16.4. The quantitative estimate of drug-likeness (QED) is 0.718. The summed E-state index contributed by atoms with van der Waals surface area (Å²) in [7, 11) is 0. The molecule has 1 atom stereocenters. The maximum atomic E-state index is 10.2. The maximum Gasteiger partial charge on any atom is 0.224 e. The predicted octanol–water partition coefficient (Wildman–Crippen LogP) is 0.780. The fourth-order valence-corrected chi connectivity index (χ4v) is 1.85. The first-order chi connectivity index (χ1) is 8.63. The van der Waals surface area contributed by atoms with Crippen LogP contribution >= 0.6 is 0 Å². The van der Waals surface area contributed by atoms with Gasteiger partial charge in [0.1, 0.15) is 11.4 Å². The van der Waals surface area contributed by atoms with E-state index in [1.54, 1.807) is 6.20 Å². The number of nitrogens with zero attached hydrogens (tertiary/aromatic N) is 2. The van der Waals surface area contributed by atoms with Gasteiger partial charge < -0.3 is 20.5 Å². The van der Waals surface area contributed by atoms with Gasteiger partial charge in [-0.25, -0.2) is 4.98 Å². The second-order valence-corrected chi connectivity index (χ2v) is 4.64. The van der Waals surface area contributed by atoms with Crippen molar-refractivity contribution in [1.82, 2.24) is 9.97 Å². The molecule has 0 saturated carbocycles. The van der Waals surface area contributed by atoms with E-state index >= 15 is 0 Å². The summed E-state index contributed by atoms with van der Waals surface area (Å²) in [5.74, 6) is 1.35. The van der Waals surface area contributed by atoms with Gasteiger partial charge in [0.15, 0.2) is 0 Å². The van der Waals surface area contributed by atoms with Crippen LogP contribution in [-0.4, -0.2) is 47.0 Å². The van der Waals surface area contributed by atoms with Gasteiger partial charge in [-0.15, -0.1) is 0 Å². The third-order valence-electron chi connectivity index (χ3n) is 2.97. The van der Waals surface area contributed by atoms with Gasteiger partial charge in [-0.3, -0.25) is 0 Å². The Labute approximate surface area is 107 Å². The molecule has 1 saturated heterocycles. The summed E-state index contributed by atoms with van der Waals surface area (Å²) < 4.78 is 5.21. The Morgan fingerprint density at radius 3 is 3.00 bits per heavy atom. The highest BCUT2D eigenvalue weighted by Gasteiger charge is 2.32. The molecule has 0 aromatic carbocycles. The van der Waals surface area contributed by atoms with E-state index in [0.717, 1.165) is 17.9 Å². The molecular weight excluding hydrogens is 232 g/mol. The van der Waals surface area contributed by atoms with Crippen LogP contribution in [0.2, 0.25) is 0 Å². The highest BCUT2D eigenvalue weighted by molar-refractivity contribution is 5.46. The highest BCUT2D eigenvalue weighted by Crippen LogP contribution is 2.20. The number of aromatic nitrogens is 2. The molecule has 6 nitrogen and oxygen atoms in total. The van der Waals surface area contributed by atoms with Gasteiger partial charge in [-0.2, -0.15) is 4.98 Å². The Hall–Kier alpha value is -1.40. The SMILES string of the molecule is CCNc1ncc(C)c(NCC2(O)CCOC2)n1. The monoisotopic (exact) mass is 252 g/mol. The van der Waals surface area contributed by atoms with Gasteiger partial charge in [-0.1, -0.05) is 0 Å². The zero-order chi connectivity index (χ0) is 13.0. The lowest BCUT2D eigenvalue weighted by molar-refractivity contribution is 0.0381. The molecule has 18 heavy (non-hydrogen) atoms. The number of nitrogens with one attached hydrogen (secondary N) is 2. The van der Waals surface area contributed by atoms with Gasteiger partial charge in [0.2, 0.25) is 5.95 Å². The van der Waals surface area contributed by atoms with E-state index in [0.29, 0.717) is 32.1 Å². The first kappa shape index (κ1) is 13.0. The van der Waals surface area contributed by atoms with Gasteiger partial charge in [-0.05, 0) is 13.8 Å². The Balaban J connectivity index is 2.01. The Morgan fingerprint density at radius 2 is 2.33 bits per heavy atom. The van der Waals surface area contributed by atoms with Crippen LogP contribution in [0.15, 0.2) is 6.20 Å². The number of aryl methyl sites for hydroxylation is 1. The van der Waals surface area contributed by atoms with Crippen LogP contribution in [0.1, 0.15) is 18.9 Å². The zero-order valence-corrected chi connectivity index (χ0v) is 10.9. The maximum absolute atomic E-state index is 10.2. The topological polar surface area (TPSA) is 79.3 Å². The molecule has 1 aromatic rings. The lowest BCUT2D eigenvalue weighted by atomic mass is 10.0. The highest BCUT2D eigenvalue weighted by atomic mass is 16.5. The predicted molar refractivity (Wildman–Crippen MR) is 69.8 cm³/mol. The molecule has 2 rings (SSSR count). The van der Waals surface area contributed by atoms with E-state index in [2.05, 4.69) is 20.6 Å². The summed E-state index contributed by atoms with van der Waals surface area (Å²) in [6.07, 6.45) is 2.42. The van der Waals surface area contributed by atoms with Crippen molar-refractivity contribution in [3.63, 3.8) is 0 Å². The molecule has 2 heterocycles. The van der Waals surface area contributed by atoms with Crippen LogP contribution in [0.4, 0.5) is 11.8 Å². The summed E-state index contributed by atoms with van der Waals surface area (Å²) in [6, 6.07) is 0. The molecule has 1 aromatic heterocycles. The minimum Gasteiger partial charge on any atom is -0.386 e. The Kier molecular flexibility index (Phi) is 3.98. The van der Waals surface area contributed by atoms with Crippen LogP contribution in [-0.2, 0) is 4.74 Å². The van der Waals surface area contributed by atoms with Crippen molar-refractivity contribution >= 4 is 11.8 Å². The fraction of sp³-hybridized carbons (Fsp3) is 0.667. The van der Waals surface area contributed by atoms with Crippen molar-refractivity contribution in [1.29, 1.82) is 0 Å². The third-order valence-corrected chi connectivity index (χ3v) is 2.97. The minimum atomic E-state index is -0.782. The lowest BCUT2D eigenvalue weighted by Gasteiger charge is -2.21. The molecule has 1 fully saturated rings. The van der Waals surface area contributed by atoms with Gasteiger partial charge in [0.25, 0.3) is 0 Å². The second kappa shape index (κ2) is 5.49. The number of anilines is 2. The van der Waals surface area contributed by atoms with Crippen molar-refractivity contribution in [2.45, 2.75) is 25.9 Å². The van der Waals surface area contributed by atoms with E-state index in [1.165, 1.54) is 0 Å². The fourth-order valence-electron chi connectivity index (χ4n) is 1.85. The molecular formula is C12H20N4O2. The molecule has 3 N–H and O–H groups in total. The van der Waals surface area contributed by atoms with E-state index in [1.807, 2.05) is 13.8 Å². The largest absolute Gasteiger partial charge is 0.386 e. The molecule has 1 aliphatic heterocycles. The second-order valence-electron chi connectivity index (χ2n) is 4.64. The number of aliphatic hydroxyl groups is 1. The number of hydrogen-bond acceptors (Lipinski definition) is 6. The molecule has 6 heteroatoms. The summed E-state index contributed by atoms with van der Waals surface area (Å²) in [6.45, 7) is 6.15. The van der Waals surface area contributed by atoms with Gasteiger partial charge >= 0.3 is 0 Å². The molecule has 1 aliphatic rings. The van der Waals surface area contributed by atoms with Gasteiger partial charge in [0, 0.05) is 37.9 Å². The minimum absolute atomic E-state index is 0.379. The molecule has 1 unspecified atom stereocenters. The smallest absolute Gasteiger partial charge is 0.224 e. The van der Waals surface area contributed by atoms with Crippen LogP contribution in [0.5, 0.6) is 0 Å². The molecule has 0 bridgehead atoms. The van der Waals surface area contributed by atoms with E-state index in [-0.39, 0.29) is 0 Å².